The van der Waals surface area contributed by atoms with Gasteiger partial charge in [0.05, 0.1) is 6.61 Å². The van der Waals surface area contributed by atoms with Crippen molar-refractivity contribution >= 4 is 17.7 Å². The molecule has 0 unspecified atom stereocenters. The van der Waals surface area contributed by atoms with Crippen molar-refractivity contribution < 1.29 is 23.9 Å². The van der Waals surface area contributed by atoms with E-state index in [-0.39, 0.29) is 29.0 Å². The molecule has 1 spiro atoms. The van der Waals surface area contributed by atoms with E-state index in [2.05, 4.69) is 6.92 Å². The lowest BCUT2D eigenvalue weighted by atomic mass is 9.43. The van der Waals surface area contributed by atoms with Gasteiger partial charge >= 0.3 is 11.9 Å². The molecule has 0 aromatic heterocycles. The Labute approximate surface area is 130 Å². The first kappa shape index (κ1) is 15.3. The highest BCUT2D eigenvalue weighted by Gasteiger charge is 2.69. The van der Waals surface area contributed by atoms with E-state index in [4.69, 9.17) is 9.47 Å². The van der Waals surface area contributed by atoms with Crippen LogP contribution in [-0.4, -0.2) is 30.4 Å². The fourth-order valence-electron chi connectivity index (χ4n) is 5.09. The van der Waals surface area contributed by atoms with E-state index < -0.39 is 12.1 Å². The first-order chi connectivity index (χ1) is 10.4. The zero-order valence-corrected chi connectivity index (χ0v) is 13.2. The molecule has 5 heteroatoms. The molecule has 0 N–H and O–H groups in total. The van der Waals surface area contributed by atoms with Crippen molar-refractivity contribution in [3.8, 4) is 0 Å². The predicted molar refractivity (Wildman–Crippen MR) is 77.6 cm³/mol. The third-order valence-electron chi connectivity index (χ3n) is 5.88. The summed E-state index contributed by atoms with van der Waals surface area (Å²) in [6, 6.07) is 0. The summed E-state index contributed by atoms with van der Waals surface area (Å²) in [6.07, 6.45) is 5.03. The SMILES string of the molecule is CC(=O)OC[C@@H]1[C@@H]2[C@H](OC(C)=O)C(=O)C=C[C@@]23[C@@H](C)CC[C@@H]13. The molecule has 120 valence electrons. The quantitative estimate of drug-likeness (QED) is 0.745. The van der Waals surface area contributed by atoms with Crippen LogP contribution in [0.5, 0.6) is 0 Å². The summed E-state index contributed by atoms with van der Waals surface area (Å²) in [7, 11) is 0. The van der Waals surface area contributed by atoms with Crippen LogP contribution in [-0.2, 0) is 23.9 Å². The van der Waals surface area contributed by atoms with E-state index >= 15 is 0 Å². The molecule has 22 heavy (non-hydrogen) atoms. The summed E-state index contributed by atoms with van der Waals surface area (Å²) in [4.78, 5) is 34.8. The van der Waals surface area contributed by atoms with Gasteiger partial charge in [-0.2, -0.15) is 0 Å². The highest BCUT2D eigenvalue weighted by Crippen LogP contribution is 2.70. The lowest BCUT2D eigenvalue weighted by Crippen LogP contribution is -2.64. The fraction of sp³-hybridized carbons (Fsp3) is 0.706. The first-order valence-electron chi connectivity index (χ1n) is 7.91. The van der Waals surface area contributed by atoms with Crippen LogP contribution in [0.2, 0.25) is 0 Å². The molecule has 0 aromatic carbocycles. The van der Waals surface area contributed by atoms with E-state index in [9.17, 15) is 14.4 Å². The maximum atomic E-state index is 12.2. The van der Waals surface area contributed by atoms with Crippen molar-refractivity contribution in [3.05, 3.63) is 12.2 Å². The van der Waals surface area contributed by atoms with Crippen LogP contribution in [0.1, 0.15) is 33.6 Å². The number of esters is 2. The molecule has 2 saturated carbocycles. The highest BCUT2D eigenvalue weighted by molar-refractivity contribution is 5.96. The molecule has 3 rings (SSSR count). The summed E-state index contributed by atoms with van der Waals surface area (Å²) in [5, 5.41) is 0. The maximum absolute atomic E-state index is 12.2. The van der Waals surface area contributed by atoms with Crippen LogP contribution in [0.15, 0.2) is 12.2 Å². The van der Waals surface area contributed by atoms with Gasteiger partial charge in [-0.25, -0.2) is 0 Å². The van der Waals surface area contributed by atoms with Gasteiger partial charge in [0.15, 0.2) is 11.9 Å². The minimum atomic E-state index is -0.736. The molecule has 0 saturated heterocycles. The van der Waals surface area contributed by atoms with Crippen LogP contribution in [0.3, 0.4) is 0 Å². The minimum Gasteiger partial charge on any atom is -0.466 e. The van der Waals surface area contributed by atoms with Crippen LogP contribution < -0.4 is 0 Å². The normalized spacial score (nSPS) is 42.1. The predicted octanol–water partition coefficient (Wildman–Crippen LogP) is 1.90. The second-order valence-corrected chi connectivity index (χ2v) is 6.84. The lowest BCUT2D eigenvalue weighted by Gasteiger charge is -2.62. The summed E-state index contributed by atoms with van der Waals surface area (Å²) in [6.45, 7) is 5.21. The highest BCUT2D eigenvalue weighted by atomic mass is 16.5. The van der Waals surface area contributed by atoms with Gasteiger partial charge in [0.1, 0.15) is 0 Å². The zero-order chi connectivity index (χ0) is 16.1. The van der Waals surface area contributed by atoms with Crippen molar-refractivity contribution in [2.75, 3.05) is 6.61 Å². The zero-order valence-electron chi connectivity index (χ0n) is 13.2. The molecule has 0 heterocycles. The molecule has 3 aliphatic carbocycles. The Hall–Kier alpha value is -1.65. The van der Waals surface area contributed by atoms with Gasteiger partial charge < -0.3 is 9.47 Å². The summed E-state index contributed by atoms with van der Waals surface area (Å²) in [5.74, 6) is -0.0545. The Morgan fingerprint density at radius 2 is 2.00 bits per heavy atom. The van der Waals surface area contributed by atoms with Crippen LogP contribution in [0.25, 0.3) is 0 Å². The smallest absolute Gasteiger partial charge is 0.303 e. The molecule has 6 atom stereocenters. The van der Waals surface area contributed by atoms with Crippen molar-refractivity contribution in [2.24, 2.45) is 29.1 Å². The van der Waals surface area contributed by atoms with E-state index in [1.54, 1.807) is 6.08 Å². The lowest BCUT2D eigenvalue weighted by molar-refractivity contribution is -0.195. The molecular formula is C17H22O5. The standard InChI is InChI=1S/C17H22O5/c1-9-4-5-13-12(8-21-10(2)18)15-16(22-11(3)19)14(20)6-7-17(9,13)15/h6-7,9,12-13,15-16H,4-5,8H2,1-3H3/t9-,12-,13-,15+,16+,17-/m0/s1. The number of ketones is 1. The Kier molecular flexibility index (Phi) is 3.62. The van der Waals surface area contributed by atoms with Crippen LogP contribution in [0.4, 0.5) is 0 Å². The van der Waals surface area contributed by atoms with Gasteiger partial charge in [0.25, 0.3) is 0 Å². The Morgan fingerprint density at radius 1 is 1.27 bits per heavy atom. The monoisotopic (exact) mass is 306 g/mol. The third-order valence-corrected chi connectivity index (χ3v) is 5.88. The molecule has 0 aliphatic heterocycles. The van der Waals surface area contributed by atoms with E-state index in [1.165, 1.54) is 13.8 Å². The summed E-state index contributed by atoms with van der Waals surface area (Å²) < 4.78 is 10.6. The van der Waals surface area contributed by atoms with E-state index in [0.29, 0.717) is 18.4 Å². The first-order valence-corrected chi connectivity index (χ1v) is 7.91. The second kappa shape index (κ2) is 5.21. The van der Waals surface area contributed by atoms with Crippen LogP contribution >= 0.6 is 0 Å². The number of hydrogen-bond donors (Lipinski definition) is 0. The van der Waals surface area contributed by atoms with E-state index in [0.717, 1.165) is 12.8 Å². The number of ether oxygens (including phenoxy) is 2. The van der Waals surface area contributed by atoms with Crippen molar-refractivity contribution in [1.29, 1.82) is 0 Å². The molecule has 0 radical (unpaired) electrons. The number of carbonyl (C=O) groups excluding carboxylic acids is 3. The molecular weight excluding hydrogens is 284 g/mol. The molecule has 0 amide bonds. The number of rotatable bonds is 3. The minimum absolute atomic E-state index is 0.0734. The largest absolute Gasteiger partial charge is 0.466 e. The van der Waals surface area contributed by atoms with Gasteiger partial charge in [-0.05, 0) is 30.8 Å². The molecule has 3 aliphatic rings. The number of allylic oxidation sites excluding steroid dienone is 1. The topological polar surface area (TPSA) is 69.7 Å². The molecule has 2 fully saturated rings. The average molecular weight is 306 g/mol. The average Bonchev–Trinajstić information content (AvgIpc) is 2.66. The second-order valence-electron chi connectivity index (χ2n) is 6.84. The van der Waals surface area contributed by atoms with Gasteiger partial charge in [-0.15, -0.1) is 0 Å². The Bertz CT molecular complexity index is 551. The maximum Gasteiger partial charge on any atom is 0.303 e. The third kappa shape index (κ3) is 2.02. The Balaban J connectivity index is 1.92. The molecule has 0 bridgehead atoms. The number of hydrogen-bond acceptors (Lipinski definition) is 5. The molecule has 5 nitrogen and oxygen atoms in total. The Morgan fingerprint density at radius 3 is 2.64 bits per heavy atom. The van der Waals surface area contributed by atoms with Crippen molar-refractivity contribution in [1.82, 2.24) is 0 Å². The summed E-state index contributed by atoms with van der Waals surface area (Å²) >= 11 is 0. The van der Waals surface area contributed by atoms with E-state index in [1.807, 2.05) is 6.08 Å². The van der Waals surface area contributed by atoms with Gasteiger partial charge in [-0.3, -0.25) is 14.4 Å². The fourth-order valence-corrected chi connectivity index (χ4v) is 5.09. The summed E-state index contributed by atoms with van der Waals surface area (Å²) in [5.41, 5.74) is -0.0845. The van der Waals surface area contributed by atoms with Crippen molar-refractivity contribution in [3.63, 3.8) is 0 Å². The van der Waals surface area contributed by atoms with Gasteiger partial charge in [0, 0.05) is 31.1 Å². The van der Waals surface area contributed by atoms with Crippen molar-refractivity contribution in [2.45, 2.75) is 39.7 Å². The van der Waals surface area contributed by atoms with Gasteiger partial charge in [0.2, 0.25) is 0 Å². The van der Waals surface area contributed by atoms with Gasteiger partial charge in [-0.1, -0.05) is 13.0 Å². The van der Waals surface area contributed by atoms with Crippen LogP contribution in [0, 0.1) is 29.1 Å². The molecule has 0 aromatic rings. The number of carbonyl (C=O) groups is 3.